The summed E-state index contributed by atoms with van der Waals surface area (Å²) in [7, 11) is 1.78. The number of guanidine groups is 1. The third-order valence-corrected chi connectivity index (χ3v) is 4.23. The number of nitrogens with one attached hydrogen (secondary N) is 2. The molecule has 1 saturated carbocycles. The maximum Gasteiger partial charge on any atom is 0.191 e. The van der Waals surface area contributed by atoms with Crippen molar-refractivity contribution in [1.82, 2.24) is 10.6 Å². The summed E-state index contributed by atoms with van der Waals surface area (Å²) in [5.41, 5.74) is 2.39. The highest BCUT2D eigenvalue weighted by Crippen LogP contribution is 2.27. The van der Waals surface area contributed by atoms with Crippen molar-refractivity contribution in [3.8, 4) is 5.75 Å². The lowest BCUT2D eigenvalue weighted by Crippen LogP contribution is -2.38. The molecule has 1 aliphatic rings. The Morgan fingerprint density at radius 2 is 2.00 bits per heavy atom. The van der Waals surface area contributed by atoms with Gasteiger partial charge < -0.3 is 20.1 Å². The average Bonchev–Trinajstić information content (AvgIpc) is 3.09. The van der Waals surface area contributed by atoms with Gasteiger partial charge in [-0.25, -0.2) is 0 Å². The van der Waals surface area contributed by atoms with Gasteiger partial charge in [0, 0.05) is 32.3 Å². The number of ether oxygens (including phenoxy) is 2. The summed E-state index contributed by atoms with van der Waals surface area (Å²) >= 11 is 0. The fraction of sp³-hybridized carbons (Fsp3) is 0.632. The van der Waals surface area contributed by atoms with Gasteiger partial charge in [0.15, 0.2) is 5.96 Å². The van der Waals surface area contributed by atoms with Crippen LogP contribution in [0.25, 0.3) is 0 Å². The Morgan fingerprint density at radius 1 is 1.24 bits per heavy atom. The zero-order valence-corrected chi connectivity index (χ0v) is 18.0. The van der Waals surface area contributed by atoms with E-state index in [2.05, 4.69) is 40.7 Å². The third kappa shape index (κ3) is 7.81. The van der Waals surface area contributed by atoms with Crippen molar-refractivity contribution in [2.24, 2.45) is 4.99 Å². The van der Waals surface area contributed by atoms with Crippen molar-refractivity contribution < 1.29 is 9.47 Å². The second-order valence-electron chi connectivity index (χ2n) is 6.18. The van der Waals surface area contributed by atoms with E-state index in [-0.39, 0.29) is 24.0 Å². The van der Waals surface area contributed by atoms with Crippen LogP contribution in [0.4, 0.5) is 0 Å². The Hall–Kier alpha value is -1.02. The molecule has 1 fully saturated rings. The fourth-order valence-corrected chi connectivity index (χ4v) is 2.89. The molecular formula is C19H32IN3O2. The zero-order chi connectivity index (χ0) is 17.2. The number of rotatable bonds is 8. The first kappa shape index (κ1) is 22.0. The quantitative estimate of drug-likeness (QED) is 0.269. The minimum atomic E-state index is 0. The van der Waals surface area contributed by atoms with Crippen LogP contribution in [0.2, 0.25) is 0 Å². The monoisotopic (exact) mass is 461 g/mol. The lowest BCUT2D eigenvalue weighted by Gasteiger charge is -2.18. The largest absolute Gasteiger partial charge is 0.490 e. The number of hydrogen-bond acceptors (Lipinski definition) is 3. The van der Waals surface area contributed by atoms with Gasteiger partial charge >= 0.3 is 0 Å². The Labute approximate surface area is 169 Å². The van der Waals surface area contributed by atoms with E-state index in [1.807, 2.05) is 6.92 Å². The standard InChI is InChI=1S/C19H31N3O2.HI/c1-4-23-12-11-21-19(20-3)22-14-16-10-9-15(2)13-18(16)24-17-7-5-6-8-17;/h9-10,13,17H,4-8,11-12,14H2,1-3H3,(H2,20,21,22);1H. The highest BCUT2D eigenvalue weighted by Gasteiger charge is 2.18. The minimum Gasteiger partial charge on any atom is -0.490 e. The van der Waals surface area contributed by atoms with Gasteiger partial charge in [-0.3, -0.25) is 4.99 Å². The predicted octanol–water partition coefficient (Wildman–Crippen LogP) is 3.64. The molecule has 1 aromatic carbocycles. The Balaban J connectivity index is 0.00000312. The van der Waals surface area contributed by atoms with E-state index < -0.39 is 0 Å². The molecule has 0 aromatic heterocycles. The molecule has 6 heteroatoms. The predicted molar refractivity (Wildman–Crippen MR) is 114 cm³/mol. The number of halogens is 1. The molecule has 2 N–H and O–H groups in total. The SMILES string of the molecule is CCOCCNC(=NC)NCc1ccc(C)cc1OC1CCCC1.I. The molecule has 0 unspecified atom stereocenters. The molecule has 25 heavy (non-hydrogen) atoms. The van der Waals surface area contributed by atoms with Gasteiger partial charge in [0.2, 0.25) is 0 Å². The van der Waals surface area contributed by atoms with E-state index in [4.69, 9.17) is 9.47 Å². The van der Waals surface area contributed by atoms with E-state index in [0.29, 0.717) is 19.3 Å². The maximum absolute atomic E-state index is 6.25. The molecule has 2 rings (SSSR count). The van der Waals surface area contributed by atoms with Gasteiger partial charge in [-0.15, -0.1) is 24.0 Å². The summed E-state index contributed by atoms with van der Waals surface area (Å²) in [6.07, 6.45) is 5.26. The average molecular weight is 461 g/mol. The van der Waals surface area contributed by atoms with Crippen molar-refractivity contribution in [2.75, 3.05) is 26.8 Å². The van der Waals surface area contributed by atoms with E-state index in [9.17, 15) is 0 Å². The van der Waals surface area contributed by atoms with Crippen LogP contribution in [0.1, 0.15) is 43.7 Å². The lowest BCUT2D eigenvalue weighted by atomic mass is 10.1. The maximum atomic E-state index is 6.25. The molecule has 0 saturated heterocycles. The second-order valence-corrected chi connectivity index (χ2v) is 6.18. The summed E-state index contributed by atoms with van der Waals surface area (Å²) in [6, 6.07) is 6.41. The molecule has 1 aromatic rings. The highest BCUT2D eigenvalue weighted by atomic mass is 127. The van der Waals surface area contributed by atoms with Crippen molar-refractivity contribution in [2.45, 2.75) is 52.2 Å². The molecule has 0 heterocycles. The van der Waals surface area contributed by atoms with Crippen molar-refractivity contribution in [3.05, 3.63) is 29.3 Å². The van der Waals surface area contributed by atoms with Gasteiger partial charge in [0.05, 0.1) is 12.7 Å². The number of benzene rings is 1. The first-order valence-electron chi connectivity index (χ1n) is 9.01. The van der Waals surface area contributed by atoms with Crippen LogP contribution in [0.3, 0.4) is 0 Å². The van der Waals surface area contributed by atoms with Gasteiger partial charge in [-0.05, 0) is 51.2 Å². The molecule has 5 nitrogen and oxygen atoms in total. The van der Waals surface area contributed by atoms with Crippen molar-refractivity contribution in [1.29, 1.82) is 0 Å². The molecule has 1 aliphatic carbocycles. The van der Waals surface area contributed by atoms with Gasteiger partial charge in [-0.1, -0.05) is 12.1 Å². The third-order valence-electron chi connectivity index (χ3n) is 4.23. The molecule has 0 radical (unpaired) electrons. The summed E-state index contributed by atoms with van der Waals surface area (Å²) in [5, 5.41) is 6.60. The summed E-state index contributed by atoms with van der Waals surface area (Å²) in [5.74, 6) is 1.78. The van der Waals surface area contributed by atoms with Crippen LogP contribution in [0, 0.1) is 6.92 Å². The molecule has 142 valence electrons. The van der Waals surface area contributed by atoms with E-state index in [0.717, 1.165) is 24.9 Å². The summed E-state index contributed by atoms with van der Waals surface area (Å²) in [6.45, 7) is 6.95. The lowest BCUT2D eigenvalue weighted by molar-refractivity contribution is 0.152. The van der Waals surface area contributed by atoms with Crippen LogP contribution in [0.5, 0.6) is 5.75 Å². The first-order chi connectivity index (χ1) is 11.7. The molecule has 0 bridgehead atoms. The second kappa shape index (κ2) is 12.4. The molecule has 0 spiro atoms. The molecular weight excluding hydrogens is 429 g/mol. The van der Waals surface area contributed by atoms with Crippen LogP contribution in [0.15, 0.2) is 23.2 Å². The molecule has 0 amide bonds. The first-order valence-corrected chi connectivity index (χ1v) is 9.01. The summed E-state index contributed by atoms with van der Waals surface area (Å²) in [4.78, 5) is 4.25. The molecule has 0 atom stereocenters. The van der Waals surface area contributed by atoms with Gasteiger partial charge in [0.1, 0.15) is 5.75 Å². The zero-order valence-electron chi connectivity index (χ0n) is 15.6. The molecule has 0 aliphatic heterocycles. The summed E-state index contributed by atoms with van der Waals surface area (Å²) < 4.78 is 11.6. The van der Waals surface area contributed by atoms with Crippen LogP contribution >= 0.6 is 24.0 Å². The van der Waals surface area contributed by atoms with Crippen LogP contribution in [-0.4, -0.2) is 38.9 Å². The minimum absolute atomic E-state index is 0. The Bertz CT molecular complexity index is 531. The van der Waals surface area contributed by atoms with E-state index in [1.54, 1.807) is 7.05 Å². The number of hydrogen-bond donors (Lipinski definition) is 2. The van der Waals surface area contributed by atoms with Crippen LogP contribution < -0.4 is 15.4 Å². The number of aliphatic imine (C=N–C) groups is 1. The number of aryl methyl sites for hydroxylation is 1. The van der Waals surface area contributed by atoms with Crippen molar-refractivity contribution in [3.63, 3.8) is 0 Å². The van der Waals surface area contributed by atoms with E-state index in [1.165, 1.54) is 36.8 Å². The Kier molecular flexibility index (Phi) is 10.9. The fourth-order valence-electron chi connectivity index (χ4n) is 2.89. The van der Waals surface area contributed by atoms with Gasteiger partial charge in [0.25, 0.3) is 0 Å². The number of nitrogens with zero attached hydrogens (tertiary/aromatic N) is 1. The highest BCUT2D eigenvalue weighted by molar-refractivity contribution is 14.0. The van der Waals surface area contributed by atoms with E-state index >= 15 is 0 Å². The smallest absolute Gasteiger partial charge is 0.191 e. The van der Waals surface area contributed by atoms with Crippen molar-refractivity contribution >= 4 is 29.9 Å². The van der Waals surface area contributed by atoms with Crippen LogP contribution in [-0.2, 0) is 11.3 Å². The normalized spacial score (nSPS) is 14.9. The topological polar surface area (TPSA) is 54.9 Å². The Morgan fingerprint density at radius 3 is 2.68 bits per heavy atom. The van der Waals surface area contributed by atoms with Gasteiger partial charge in [-0.2, -0.15) is 0 Å².